The van der Waals surface area contributed by atoms with Crippen LogP contribution in [0.15, 0.2) is 41.2 Å². The molecule has 7 nitrogen and oxygen atoms in total. The molecule has 2 aromatic heterocycles. The molecule has 0 aliphatic carbocycles. The Morgan fingerprint density at radius 3 is 2.51 bits per heavy atom. The normalized spacial score (nSPS) is 19.6. The van der Waals surface area contributed by atoms with Crippen molar-refractivity contribution in [2.24, 2.45) is 7.05 Å². The number of nitriles is 1. The predicted molar refractivity (Wildman–Crippen MR) is 131 cm³/mol. The van der Waals surface area contributed by atoms with Gasteiger partial charge in [0.2, 0.25) is 0 Å². The van der Waals surface area contributed by atoms with Crippen LogP contribution in [-0.2, 0) is 7.05 Å². The molecular weight excluding hydrogens is 490 g/mol. The van der Waals surface area contributed by atoms with Crippen LogP contribution < -0.4 is 15.2 Å². The lowest BCUT2D eigenvalue weighted by molar-refractivity contribution is -0.274. The fourth-order valence-electron chi connectivity index (χ4n) is 5.12. The summed E-state index contributed by atoms with van der Waals surface area (Å²) in [5.41, 5.74) is 2.12. The average molecular weight is 518 g/mol. The van der Waals surface area contributed by atoms with Gasteiger partial charge in [0.05, 0.1) is 11.2 Å². The van der Waals surface area contributed by atoms with Crippen molar-refractivity contribution < 1.29 is 22.3 Å². The number of piperazine rings is 1. The molecule has 3 heterocycles. The van der Waals surface area contributed by atoms with Gasteiger partial charge in [-0.05, 0) is 38.5 Å². The number of benzene rings is 1. The molecule has 0 amide bonds. The fraction of sp³-hybridized carbons (Fsp3) is 0.423. The highest BCUT2D eigenvalue weighted by atomic mass is 19.4. The molecule has 1 saturated heterocycles. The first-order chi connectivity index (χ1) is 17.4. The summed E-state index contributed by atoms with van der Waals surface area (Å²) in [6.45, 7) is 6.87. The van der Waals surface area contributed by atoms with Gasteiger partial charge in [-0.1, -0.05) is 13.0 Å². The quantitative estimate of drug-likeness (QED) is 0.449. The third-order valence-electron chi connectivity index (χ3n) is 6.88. The number of pyridine rings is 2. The van der Waals surface area contributed by atoms with Gasteiger partial charge in [-0.3, -0.25) is 9.69 Å². The number of rotatable bonds is 5. The van der Waals surface area contributed by atoms with E-state index in [0.29, 0.717) is 41.8 Å². The van der Waals surface area contributed by atoms with E-state index in [9.17, 15) is 27.6 Å². The van der Waals surface area contributed by atoms with E-state index < -0.39 is 17.9 Å². The lowest BCUT2D eigenvalue weighted by Gasteiger charge is -2.48. The van der Waals surface area contributed by atoms with Crippen LogP contribution in [0.25, 0.3) is 11.0 Å². The van der Waals surface area contributed by atoms with Crippen LogP contribution in [0.2, 0.25) is 0 Å². The zero-order chi connectivity index (χ0) is 27.1. The number of fused-ring (bicyclic) bond motifs is 1. The molecule has 1 aromatic carbocycles. The highest BCUT2D eigenvalue weighted by Crippen LogP contribution is 2.36. The van der Waals surface area contributed by atoms with Crippen molar-refractivity contribution in [1.29, 1.82) is 5.26 Å². The summed E-state index contributed by atoms with van der Waals surface area (Å²) >= 11 is 0. The summed E-state index contributed by atoms with van der Waals surface area (Å²) in [5, 5.41) is 9.35. The molecule has 196 valence electrons. The highest BCUT2D eigenvalue weighted by Gasteiger charge is 2.36. The monoisotopic (exact) mass is 517 g/mol. The first-order valence-corrected chi connectivity index (χ1v) is 11.9. The average Bonchev–Trinajstić information content (AvgIpc) is 2.83. The molecule has 4 rings (SSSR count). The van der Waals surface area contributed by atoms with E-state index in [1.807, 2.05) is 26.8 Å². The van der Waals surface area contributed by atoms with Crippen molar-refractivity contribution >= 4 is 16.7 Å². The van der Waals surface area contributed by atoms with Crippen LogP contribution in [0.3, 0.4) is 0 Å². The van der Waals surface area contributed by atoms with Crippen molar-refractivity contribution in [3.05, 3.63) is 63.8 Å². The molecule has 3 aromatic rings. The Labute approximate surface area is 211 Å². The number of nitrogens with zero attached hydrogens (tertiary/aromatic N) is 5. The van der Waals surface area contributed by atoms with Gasteiger partial charge in [0.25, 0.3) is 5.56 Å². The summed E-state index contributed by atoms with van der Waals surface area (Å²) in [7, 11) is 1.65. The van der Waals surface area contributed by atoms with Gasteiger partial charge in [-0.15, -0.1) is 13.2 Å². The van der Waals surface area contributed by atoms with E-state index in [1.54, 1.807) is 19.2 Å². The van der Waals surface area contributed by atoms with Crippen LogP contribution >= 0.6 is 0 Å². The number of ether oxygens (including phenoxy) is 1. The van der Waals surface area contributed by atoms with Crippen LogP contribution in [-0.4, -0.2) is 46.0 Å². The van der Waals surface area contributed by atoms with E-state index in [0.717, 1.165) is 12.1 Å². The first-order valence-electron chi connectivity index (χ1n) is 11.9. The van der Waals surface area contributed by atoms with E-state index >= 15 is 0 Å². The van der Waals surface area contributed by atoms with E-state index in [2.05, 4.69) is 19.5 Å². The van der Waals surface area contributed by atoms with Gasteiger partial charge in [0, 0.05) is 56.0 Å². The maximum atomic E-state index is 15.0. The Hall–Kier alpha value is -3.65. The number of alkyl halides is 3. The van der Waals surface area contributed by atoms with Gasteiger partial charge in [0.1, 0.15) is 28.8 Å². The predicted octanol–water partition coefficient (Wildman–Crippen LogP) is 4.89. The Bertz CT molecular complexity index is 1420. The van der Waals surface area contributed by atoms with Crippen molar-refractivity contribution in [3.8, 4) is 11.8 Å². The van der Waals surface area contributed by atoms with Gasteiger partial charge in [-0.25, -0.2) is 9.37 Å². The topological polar surface area (TPSA) is 74.4 Å². The minimum atomic E-state index is -4.90. The van der Waals surface area contributed by atoms with Crippen LogP contribution in [0, 0.1) is 17.1 Å². The van der Waals surface area contributed by atoms with Crippen molar-refractivity contribution in [2.75, 3.05) is 18.0 Å². The third kappa shape index (κ3) is 5.25. The van der Waals surface area contributed by atoms with Crippen LogP contribution in [0.1, 0.15) is 44.5 Å². The second kappa shape index (κ2) is 10.0. The second-order valence-corrected chi connectivity index (χ2v) is 9.31. The summed E-state index contributed by atoms with van der Waals surface area (Å²) in [4.78, 5) is 21.4. The molecule has 0 radical (unpaired) electrons. The van der Waals surface area contributed by atoms with Gasteiger partial charge in [-0.2, -0.15) is 5.26 Å². The van der Waals surface area contributed by atoms with Crippen molar-refractivity contribution in [3.63, 3.8) is 0 Å². The van der Waals surface area contributed by atoms with Gasteiger partial charge < -0.3 is 14.2 Å². The molecule has 3 atom stereocenters. The Morgan fingerprint density at radius 1 is 1.16 bits per heavy atom. The maximum Gasteiger partial charge on any atom is 0.573 e. The molecule has 1 fully saturated rings. The minimum absolute atomic E-state index is 0.0927. The van der Waals surface area contributed by atoms with E-state index in [4.69, 9.17) is 0 Å². The second-order valence-electron chi connectivity index (χ2n) is 9.31. The molecule has 0 bridgehead atoms. The Morgan fingerprint density at radius 2 is 1.89 bits per heavy atom. The number of hydrogen-bond acceptors (Lipinski definition) is 6. The van der Waals surface area contributed by atoms with Crippen molar-refractivity contribution in [1.82, 2.24) is 14.5 Å². The van der Waals surface area contributed by atoms with Crippen LogP contribution in [0.4, 0.5) is 23.2 Å². The zero-order valence-electron chi connectivity index (χ0n) is 20.9. The van der Waals surface area contributed by atoms with E-state index in [1.165, 1.54) is 16.7 Å². The van der Waals surface area contributed by atoms with Gasteiger partial charge in [0.15, 0.2) is 0 Å². The third-order valence-corrected chi connectivity index (χ3v) is 6.88. The lowest BCUT2D eigenvalue weighted by atomic mass is 9.96. The minimum Gasteiger partial charge on any atom is -0.406 e. The molecule has 1 aliphatic heterocycles. The fourth-order valence-corrected chi connectivity index (χ4v) is 5.12. The number of halogens is 4. The Balaban J connectivity index is 1.65. The maximum absolute atomic E-state index is 15.0. The summed E-state index contributed by atoms with van der Waals surface area (Å²) in [6, 6.07) is 9.50. The van der Waals surface area contributed by atoms with Crippen molar-refractivity contribution in [2.45, 2.75) is 51.7 Å². The van der Waals surface area contributed by atoms with Crippen LogP contribution in [0.5, 0.6) is 5.75 Å². The number of aromatic nitrogens is 2. The zero-order valence-corrected chi connectivity index (χ0v) is 20.9. The summed E-state index contributed by atoms with van der Waals surface area (Å²) in [5.74, 6) is -1.36. The largest absolute Gasteiger partial charge is 0.573 e. The summed E-state index contributed by atoms with van der Waals surface area (Å²) < 4.78 is 57.9. The molecule has 11 heteroatoms. The number of anilines is 1. The standard InChI is InChI=1S/C26H27F4N5O2/c1-5-21(19-8-7-18(10-20(19)27)37-26(28,29)30)34-13-16(3)35(14-15(34)2)23-11-24(36)33(4)22-9-6-17(12-31)32-25(22)23/h6-11,15-16,21H,5,13-14H2,1-4H3/t15-,16+,21?/m1/s1. The molecular formula is C26H27F4N5O2. The molecule has 0 N–H and O–H groups in total. The number of aryl methyl sites for hydroxylation is 1. The highest BCUT2D eigenvalue weighted by molar-refractivity contribution is 5.89. The molecule has 0 spiro atoms. The molecule has 37 heavy (non-hydrogen) atoms. The molecule has 1 unspecified atom stereocenters. The molecule has 1 aliphatic rings. The van der Waals surface area contributed by atoms with Gasteiger partial charge >= 0.3 is 6.36 Å². The first kappa shape index (κ1) is 26.4. The molecule has 0 saturated carbocycles. The number of hydrogen-bond donors (Lipinski definition) is 0. The summed E-state index contributed by atoms with van der Waals surface area (Å²) in [6.07, 6.45) is -4.36. The Kier molecular flexibility index (Phi) is 7.15. The SMILES string of the molecule is CCC(c1ccc(OC(F)(F)F)cc1F)N1C[C@H](C)N(c2cc(=O)n(C)c3ccc(C#N)nc23)C[C@H]1C. The lowest BCUT2D eigenvalue weighted by Crippen LogP contribution is -2.57. The smallest absolute Gasteiger partial charge is 0.406 e. The van der Waals surface area contributed by atoms with E-state index in [-0.39, 0.29) is 29.4 Å².